The first-order chi connectivity index (χ1) is 11.7. The third kappa shape index (κ3) is 3.44. The van der Waals surface area contributed by atoms with Crippen molar-refractivity contribution in [3.8, 4) is 11.3 Å². The number of hydrogen-bond acceptors (Lipinski definition) is 4. The van der Waals surface area contributed by atoms with Crippen LogP contribution >= 0.6 is 11.9 Å². The molecule has 3 rings (SSSR count). The van der Waals surface area contributed by atoms with Crippen LogP contribution in [0.4, 0.5) is 8.78 Å². The van der Waals surface area contributed by atoms with Crippen LogP contribution in [0.15, 0.2) is 59.9 Å². The van der Waals surface area contributed by atoms with E-state index < -0.39 is 23.1 Å². The number of halogens is 2. The Balaban J connectivity index is 1.76. The van der Waals surface area contributed by atoms with E-state index in [0.29, 0.717) is 5.69 Å². The normalized spacial score (nSPS) is 10.6. The van der Waals surface area contributed by atoms with E-state index >= 15 is 0 Å². The molecule has 2 aromatic carbocycles. The number of hydrogen-bond donors (Lipinski definition) is 3. The van der Waals surface area contributed by atoms with Gasteiger partial charge in [-0.25, -0.2) is 13.8 Å². The summed E-state index contributed by atoms with van der Waals surface area (Å²) in [4.78, 5) is 22.0. The highest BCUT2D eigenvalue weighted by Crippen LogP contribution is 2.25. The fraction of sp³-hybridized carbons (Fsp3) is 0. The number of carbonyl (C=O) groups excluding carboxylic acids is 1. The van der Waals surface area contributed by atoms with Crippen LogP contribution in [-0.4, -0.2) is 15.9 Å². The first-order valence-electron chi connectivity index (χ1n) is 6.91. The highest BCUT2D eigenvalue weighted by atomic mass is 32.2. The maximum atomic E-state index is 14.5. The number of nitrogens with zero attached hydrogens (tertiary/aromatic N) is 1. The van der Waals surface area contributed by atoms with Crippen molar-refractivity contribution in [2.75, 3.05) is 0 Å². The van der Waals surface area contributed by atoms with Gasteiger partial charge in [0.2, 0.25) is 0 Å². The Labute approximate surface area is 140 Å². The Morgan fingerprint density at radius 1 is 1.12 bits per heavy atom. The minimum atomic E-state index is -0.955. The summed E-state index contributed by atoms with van der Waals surface area (Å²) in [5, 5.41) is 0. The standard InChI is InChI=1S/C16H12F2N4OS/c17-12-7-6-11(13-8-19-9-20-13)15(18)14(12)16(23)21-22-24-10-4-2-1-3-5-10/h1-9,22H,(H,19,20)(H,21,23). The van der Waals surface area contributed by atoms with Gasteiger partial charge in [0.15, 0.2) is 0 Å². The molecule has 1 amide bonds. The van der Waals surface area contributed by atoms with Gasteiger partial charge in [0.1, 0.15) is 17.2 Å². The molecule has 122 valence electrons. The number of imidazole rings is 1. The lowest BCUT2D eigenvalue weighted by Gasteiger charge is -2.10. The lowest BCUT2D eigenvalue weighted by Crippen LogP contribution is -2.33. The smallest absolute Gasteiger partial charge is 0.272 e. The maximum absolute atomic E-state index is 14.5. The Hall–Kier alpha value is -2.71. The molecule has 3 aromatic rings. The maximum Gasteiger partial charge on any atom is 0.272 e. The zero-order valence-corrected chi connectivity index (χ0v) is 13.0. The Morgan fingerprint density at radius 2 is 1.92 bits per heavy atom. The highest BCUT2D eigenvalue weighted by Gasteiger charge is 2.21. The average molecular weight is 346 g/mol. The number of aromatic amines is 1. The summed E-state index contributed by atoms with van der Waals surface area (Å²) in [7, 11) is 0. The lowest BCUT2D eigenvalue weighted by molar-refractivity contribution is 0.0938. The lowest BCUT2D eigenvalue weighted by atomic mass is 10.1. The summed E-state index contributed by atoms with van der Waals surface area (Å²) in [6.45, 7) is 0. The van der Waals surface area contributed by atoms with Crippen LogP contribution < -0.4 is 10.3 Å². The second kappa shape index (κ2) is 7.24. The Bertz CT molecular complexity index is 841. The summed E-state index contributed by atoms with van der Waals surface area (Å²) >= 11 is 1.11. The zero-order chi connectivity index (χ0) is 16.9. The van der Waals surface area contributed by atoms with Gasteiger partial charge in [-0.2, -0.15) is 4.83 Å². The third-order valence-corrected chi connectivity index (χ3v) is 3.90. The molecule has 0 bridgehead atoms. The van der Waals surface area contributed by atoms with Gasteiger partial charge >= 0.3 is 0 Å². The molecule has 0 radical (unpaired) electrons. The van der Waals surface area contributed by atoms with E-state index in [9.17, 15) is 13.6 Å². The van der Waals surface area contributed by atoms with E-state index in [-0.39, 0.29) is 5.56 Å². The summed E-state index contributed by atoms with van der Waals surface area (Å²) in [6.07, 6.45) is 2.76. The van der Waals surface area contributed by atoms with Crippen molar-refractivity contribution in [1.29, 1.82) is 0 Å². The molecule has 0 saturated carbocycles. The number of H-pyrrole nitrogens is 1. The third-order valence-electron chi connectivity index (χ3n) is 3.18. The molecule has 1 aromatic heterocycles. The molecule has 0 aliphatic carbocycles. The highest BCUT2D eigenvalue weighted by molar-refractivity contribution is 7.97. The monoisotopic (exact) mass is 346 g/mol. The van der Waals surface area contributed by atoms with Gasteiger partial charge < -0.3 is 4.98 Å². The predicted molar refractivity (Wildman–Crippen MR) is 86.8 cm³/mol. The summed E-state index contributed by atoms with van der Waals surface area (Å²) in [5.41, 5.74) is 2.03. The first-order valence-corrected chi connectivity index (χ1v) is 7.72. The van der Waals surface area contributed by atoms with Gasteiger partial charge in [-0.15, -0.1) is 0 Å². The molecule has 3 N–H and O–H groups in total. The fourth-order valence-electron chi connectivity index (χ4n) is 2.05. The van der Waals surface area contributed by atoms with Crippen molar-refractivity contribution >= 4 is 17.9 Å². The van der Waals surface area contributed by atoms with Crippen LogP contribution in [-0.2, 0) is 0 Å². The topological polar surface area (TPSA) is 69.8 Å². The van der Waals surface area contributed by atoms with E-state index in [2.05, 4.69) is 20.2 Å². The molecule has 0 spiro atoms. The van der Waals surface area contributed by atoms with E-state index in [1.54, 1.807) is 0 Å². The van der Waals surface area contributed by atoms with Gasteiger partial charge in [0.05, 0.1) is 18.2 Å². The van der Waals surface area contributed by atoms with E-state index in [1.807, 2.05) is 30.3 Å². The van der Waals surface area contributed by atoms with Crippen molar-refractivity contribution in [3.63, 3.8) is 0 Å². The number of rotatable bonds is 5. The summed E-state index contributed by atoms with van der Waals surface area (Å²) in [6, 6.07) is 11.5. The molecule has 0 atom stereocenters. The molecule has 24 heavy (non-hydrogen) atoms. The van der Waals surface area contributed by atoms with E-state index in [4.69, 9.17) is 0 Å². The molecule has 0 aliphatic rings. The number of amides is 1. The first kappa shape index (κ1) is 16.2. The molecule has 8 heteroatoms. The molecule has 0 saturated heterocycles. The van der Waals surface area contributed by atoms with Crippen LogP contribution in [0.25, 0.3) is 11.3 Å². The minimum Gasteiger partial charge on any atom is -0.345 e. The molecule has 1 heterocycles. The quantitative estimate of drug-likeness (QED) is 0.490. The average Bonchev–Trinajstić information content (AvgIpc) is 3.10. The van der Waals surface area contributed by atoms with Crippen molar-refractivity contribution < 1.29 is 13.6 Å². The van der Waals surface area contributed by atoms with Crippen molar-refractivity contribution in [2.24, 2.45) is 0 Å². The van der Waals surface area contributed by atoms with Gasteiger partial charge in [-0.05, 0) is 36.2 Å². The molecular weight excluding hydrogens is 334 g/mol. The van der Waals surface area contributed by atoms with Crippen LogP contribution in [0.3, 0.4) is 0 Å². The SMILES string of the molecule is O=C(NNSc1ccccc1)c1c(F)ccc(-c2cnc[nH]2)c1F. The van der Waals surface area contributed by atoms with Crippen molar-refractivity contribution in [2.45, 2.75) is 4.90 Å². The van der Waals surface area contributed by atoms with Gasteiger partial charge in [-0.3, -0.25) is 10.2 Å². The second-order valence-corrected chi connectivity index (χ2v) is 5.60. The van der Waals surface area contributed by atoms with Crippen LogP contribution in [0.1, 0.15) is 10.4 Å². The number of carbonyl (C=O) groups is 1. The largest absolute Gasteiger partial charge is 0.345 e. The van der Waals surface area contributed by atoms with Crippen LogP contribution in [0.5, 0.6) is 0 Å². The predicted octanol–water partition coefficient (Wildman–Crippen LogP) is 3.30. The number of hydrazine groups is 1. The number of aromatic nitrogens is 2. The van der Waals surface area contributed by atoms with Gasteiger partial charge in [-0.1, -0.05) is 18.2 Å². The summed E-state index contributed by atoms with van der Waals surface area (Å²) in [5.74, 6) is -2.81. The van der Waals surface area contributed by atoms with Crippen LogP contribution in [0, 0.1) is 11.6 Å². The van der Waals surface area contributed by atoms with E-state index in [0.717, 1.165) is 22.9 Å². The van der Waals surface area contributed by atoms with E-state index in [1.165, 1.54) is 18.6 Å². The molecule has 0 aliphatic heterocycles. The number of benzene rings is 2. The van der Waals surface area contributed by atoms with Crippen LogP contribution in [0.2, 0.25) is 0 Å². The Morgan fingerprint density at radius 3 is 2.62 bits per heavy atom. The second-order valence-electron chi connectivity index (χ2n) is 4.72. The Kier molecular flexibility index (Phi) is 4.88. The number of nitrogens with one attached hydrogen (secondary N) is 3. The zero-order valence-electron chi connectivity index (χ0n) is 12.2. The minimum absolute atomic E-state index is 0.0646. The summed E-state index contributed by atoms with van der Waals surface area (Å²) < 4.78 is 28.4. The molecule has 5 nitrogen and oxygen atoms in total. The molecule has 0 fully saturated rings. The van der Waals surface area contributed by atoms with Crippen molar-refractivity contribution in [3.05, 3.63) is 72.2 Å². The van der Waals surface area contributed by atoms with Gasteiger partial charge in [0, 0.05) is 10.5 Å². The fourth-order valence-corrected chi connectivity index (χ4v) is 2.61. The van der Waals surface area contributed by atoms with Crippen molar-refractivity contribution in [1.82, 2.24) is 20.2 Å². The van der Waals surface area contributed by atoms with Gasteiger partial charge in [0.25, 0.3) is 5.91 Å². The molecule has 0 unspecified atom stereocenters. The molecular formula is C16H12F2N4OS.